The number of benzene rings is 2. The van der Waals surface area contributed by atoms with Gasteiger partial charge in [-0.3, -0.25) is 9.69 Å². The Bertz CT molecular complexity index is 875. The summed E-state index contributed by atoms with van der Waals surface area (Å²) in [6.45, 7) is 11.6. The molecule has 2 aliphatic heterocycles. The van der Waals surface area contributed by atoms with Crippen LogP contribution in [0.25, 0.3) is 10.8 Å². The molecule has 0 aromatic heterocycles. The SMILES string of the molecule is CCN1CCC(N[C@@H]2C[C@@H](C(=O)NC(C)C)N(Cc3ccc4ccccc4c3)C2)CC1. The molecular formula is C26H38N4O. The van der Waals surface area contributed by atoms with E-state index in [2.05, 4.69) is 69.8 Å². The fourth-order valence-electron chi connectivity index (χ4n) is 5.17. The summed E-state index contributed by atoms with van der Waals surface area (Å²) in [5.74, 6) is 0.167. The average molecular weight is 423 g/mol. The van der Waals surface area contributed by atoms with Gasteiger partial charge in [0.25, 0.3) is 0 Å². The van der Waals surface area contributed by atoms with E-state index in [1.807, 2.05) is 13.8 Å². The highest BCUT2D eigenvalue weighted by atomic mass is 16.2. The van der Waals surface area contributed by atoms with Gasteiger partial charge in [0.2, 0.25) is 5.91 Å². The van der Waals surface area contributed by atoms with Gasteiger partial charge in [-0.1, -0.05) is 43.3 Å². The Hall–Kier alpha value is -1.95. The van der Waals surface area contributed by atoms with Crippen LogP contribution >= 0.6 is 0 Å². The van der Waals surface area contributed by atoms with E-state index in [4.69, 9.17) is 0 Å². The Morgan fingerprint density at radius 2 is 1.81 bits per heavy atom. The second kappa shape index (κ2) is 10.1. The standard InChI is InChI=1S/C26H38N4O/c1-4-29-13-11-23(12-14-29)28-24-16-25(26(31)27-19(2)3)30(18-24)17-20-9-10-21-7-5-6-8-22(21)15-20/h5-10,15,19,23-25,28H,4,11-14,16-18H2,1-3H3,(H,27,31)/t24-,25+/m1/s1. The number of piperidine rings is 1. The van der Waals surface area contributed by atoms with Crippen LogP contribution in [0, 0.1) is 0 Å². The molecule has 0 radical (unpaired) electrons. The van der Waals surface area contributed by atoms with Crippen molar-refractivity contribution in [2.45, 2.75) is 70.7 Å². The number of hydrogen-bond acceptors (Lipinski definition) is 4. The Kier molecular flexibility index (Phi) is 7.26. The van der Waals surface area contributed by atoms with Gasteiger partial charge in [0, 0.05) is 31.2 Å². The molecule has 1 amide bonds. The molecule has 5 heteroatoms. The second-order valence-electron chi connectivity index (χ2n) is 9.60. The lowest BCUT2D eigenvalue weighted by Gasteiger charge is -2.33. The predicted octanol–water partition coefficient (Wildman–Crippen LogP) is 3.38. The Balaban J connectivity index is 1.44. The van der Waals surface area contributed by atoms with E-state index in [-0.39, 0.29) is 18.0 Å². The van der Waals surface area contributed by atoms with E-state index in [0.29, 0.717) is 12.1 Å². The van der Waals surface area contributed by atoms with Gasteiger partial charge >= 0.3 is 0 Å². The Morgan fingerprint density at radius 3 is 2.52 bits per heavy atom. The summed E-state index contributed by atoms with van der Waals surface area (Å²) in [6.07, 6.45) is 3.30. The van der Waals surface area contributed by atoms with Crippen molar-refractivity contribution in [1.29, 1.82) is 0 Å². The topological polar surface area (TPSA) is 47.6 Å². The van der Waals surface area contributed by atoms with Crippen LogP contribution < -0.4 is 10.6 Å². The van der Waals surface area contributed by atoms with Gasteiger partial charge in [-0.05, 0) is 75.1 Å². The van der Waals surface area contributed by atoms with Crippen molar-refractivity contribution in [3.63, 3.8) is 0 Å². The van der Waals surface area contributed by atoms with Crippen molar-refractivity contribution in [1.82, 2.24) is 20.4 Å². The first-order chi connectivity index (χ1) is 15.0. The molecule has 0 saturated carbocycles. The van der Waals surface area contributed by atoms with Gasteiger partial charge in [0.05, 0.1) is 6.04 Å². The molecule has 0 aliphatic carbocycles. The summed E-state index contributed by atoms with van der Waals surface area (Å²) in [5, 5.41) is 9.58. The Morgan fingerprint density at radius 1 is 1.06 bits per heavy atom. The van der Waals surface area contributed by atoms with Gasteiger partial charge in [0.15, 0.2) is 0 Å². The van der Waals surface area contributed by atoms with Gasteiger partial charge in [0.1, 0.15) is 0 Å². The maximum atomic E-state index is 13.0. The van der Waals surface area contributed by atoms with E-state index in [9.17, 15) is 4.79 Å². The van der Waals surface area contributed by atoms with E-state index < -0.39 is 0 Å². The van der Waals surface area contributed by atoms with Crippen molar-refractivity contribution in [2.24, 2.45) is 0 Å². The van der Waals surface area contributed by atoms with Gasteiger partial charge < -0.3 is 15.5 Å². The molecule has 2 aliphatic rings. The van der Waals surface area contributed by atoms with Crippen LogP contribution in [0.2, 0.25) is 0 Å². The lowest BCUT2D eigenvalue weighted by atomic mass is 10.0. The van der Waals surface area contributed by atoms with E-state index in [0.717, 1.165) is 26.1 Å². The minimum atomic E-state index is -0.0675. The molecule has 2 aromatic rings. The van der Waals surface area contributed by atoms with Gasteiger partial charge in [-0.15, -0.1) is 0 Å². The molecule has 5 nitrogen and oxygen atoms in total. The first kappa shape index (κ1) is 22.3. The molecule has 2 aromatic carbocycles. The number of nitrogens with zero attached hydrogens (tertiary/aromatic N) is 2. The highest BCUT2D eigenvalue weighted by molar-refractivity contribution is 5.83. The van der Waals surface area contributed by atoms with Crippen molar-refractivity contribution >= 4 is 16.7 Å². The zero-order valence-corrected chi connectivity index (χ0v) is 19.3. The summed E-state index contributed by atoms with van der Waals surface area (Å²) >= 11 is 0. The molecule has 0 unspecified atom stereocenters. The minimum absolute atomic E-state index is 0.0675. The van der Waals surface area contributed by atoms with Crippen LogP contribution in [0.4, 0.5) is 0 Å². The lowest BCUT2D eigenvalue weighted by Crippen LogP contribution is -2.46. The summed E-state index contributed by atoms with van der Waals surface area (Å²) in [5.41, 5.74) is 1.28. The smallest absolute Gasteiger partial charge is 0.237 e. The first-order valence-corrected chi connectivity index (χ1v) is 12.0. The van der Waals surface area contributed by atoms with Crippen molar-refractivity contribution in [3.8, 4) is 0 Å². The molecule has 2 fully saturated rings. The molecule has 0 spiro atoms. The zero-order valence-electron chi connectivity index (χ0n) is 19.3. The number of nitrogens with one attached hydrogen (secondary N) is 2. The lowest BCUT2D eigenvalue weighted by molar-refractivity contribution is -0.126. The normalized spacial score (nSPS) is 23.6. The maximum absolute atomic E-state index is 13.0. The highest BCUT2D eigenvalue weighted by Crippen LogP contribution is 2.24. The third-order valence-corrected chi connectivity index (χ3v) is 6.84. The van der Waals surface area contributed by atoms with Gasteiger partial charge in [-0.25, -0.2) is 0 Å². The first-order valence-electron chi connectivity index (χ1n) is 12.0. The summed E-state index contributed by atoms with van der Waals surface area (Å²) in [6, 6.07) is 16.2. The van der Waals surface area contributed by atoms with Gasteiger partial charge in [-0.2, -0.15) is 0 Å². The van der Waals surface area contributed by atoms with E-state index in [1.54, 1.807) is 0 Å². The van der Waals surface area contributed by atoms with Crippen molar-refractivity contribution in [3.05, 3.63) is 48.0 Å². The van der Waals surface area contributed by atoms with Crippen molar-refractivity contribution < 1.29 is 4.79 Å². The third kappa shape index (κ3) is 5.65. The molecule has 2 N–H and O–H groups in total. The number of amides is 1. The number of fused-ring (bicyclic) bond motifs is 1. The molecule has 0 bridgehead atoms. The Labute approximate surface area is 187 Å². The number of hydrogen-bond donors (Lipinski definition) is 2. The fourth-order valence-corrected chi connectivity index (χ4v) is 5.17. The highest BCUT2D eigenvalue weighted by Gasteiger charge is 2.37. The average Bonchev–Trinajstić information content (AvgIpc) is 3.16. The fraction of sp³-hybridized carbons (Fsp3) is 0.577. The number of carbonyl (C=O) groups is 1. The van der Waals surface area contributed by atoms with E-state index >= 15 is 0 Å². The number of carbonyl (C=O) groups excluding carboxylic acids is 1. The molecular weight excluding hydrogens is 384 g/mol. The van der Waals surface area contributed by atoms with Crippen LogP contribution in [-0.4, -0.2) is 66.1 Å². The van der Waals surface area contributed by atoms with Crippen LogP contribution in [0.3, 0.4) is 0 Å². The summed E-state index contributed by atoms with van der Waals surface area (Å²) < 4.78 is 0. The zero-order chi connectivity index (χ0) is 21.8. The number of rotatable bonds is 7. The quantitative estimate of drug-likeness (QED) is 0.718. The summed E-state index contributed by atoms with van der Waals surface area (Å²) in [7, 11) is 0. The maximum Gasteiger partial charge on any atom is 0.237 e. The van der Waals surface area contributed by atoms with Crippen LogP contribution in [0.5, 0.6) is 0 Å². The molecule has 168 valence electrons. The van der Waals surface area contributed by atoms with E-state index in [1.165, 1.54) is 42.3 Å². The largest absolute Gasteiger partial charge is 0.353 e. The van der Waals surface area contributed by atoms with Crippen LogP contribution in [-0.2, 0) is 11.3 Å². The van der Waals surface area contributed by atoms with Crippen LogP contribution in [0.1, 0.15) is 45.6 Å². The second-order valence-corrected chi connectivity index (χ2v) is 9.60. The summed E-state index contributed by atoms with van der Waals surface area (Å²) in [4.78, 5) is 17.9. The third-order valence-electron chi connectivity index (χ3n) is 6.84. The minimum Gasteiger partial charge on any atom is -0.353 e. The predicted molar refractivity (Wildman–Crippen MR) is 128 cm³/mol. The monoisotopic (exact) mass is 422 g/mol. The molecule has 2 atom stereocenters. The molecule has 2 saturated heterocycles. The molecule has 4 rings (SSSR count). The van der Waals surface area contributed by atoms with Crippen LogP contribution in [0.15, 0.2) is 42.5 Å². The molecule has 2 heterocycles. The van der Waals surface area contributed by atoms with Crippen molar-refractivity contribution in [2.75, 3.05) is 26.2 Å². The molecule has 31 heavy (non-hydrogen) atoms. The number of likely N-dealkylation sites (tertiary alicyclic amines) is 2.